The van der Waals surface area contributed by atoms with Crippen molar-refractivity contribution in [1.29, 1.82) is 0 Å². The first-order valence-corrected chi connectivity index (χ1v) is 5.48. The van der Waals surface area contributed by atoms with Gasteiger partial charge in [-0.3, -0.25) is 0 Å². The van der Waals surface area contributed by atoms with Crippen LogP contribution in [0, 0.1) is 5.92 Å². The van der Waals surface area contributed by atoms with E-state index in [1.54, 1.807) is 0 Å². The van der Waals surface area contributed by atoms with Crippen LogP contribution in [0.1, 0.15) is 40.5 Å². The van der Waals surface area contributed by atoms with E-state index < -0.39 is 0 Å². The van der Waals surface area contributed by atoms with Gasteiger partial charge in [0.2, 0.25) is 0 Å². The fraction of sp³-hybridized carbons (Fsp3) is 1.00. The van der Waals surface area contributed by atoms with Crippen molar-refractivity contribution in [3.63, 3.8) is 0 Å². The van der Waals surface area contributed by atoms with Gasteiger partial charge in [-0.2, -0.15) is 0 Å². The fourth-order valence-electron chi connectivity index (χ4n) is 1.13. The van der Waals surface area contributed by atoms with Crippen LogP contribution in [-0.2, 0) is 4.74 Å². The third-order valence-corrected chi connectivity index (χ3v) is 1.94. The highest BCUT2D eigenvalue weighted by Crippen LogP contribution is 2.01. The maximum atomic E-state index is 5.47. The topological polar surface area (TPSA) is 21.3 Å². The summed E-state index contributed by atoms with van der Waals surface area (Å²) < 4.78 is 5.47. The molecule has 0 aromatic carbocycles. The molecule has 0 aliphatic heterocycles. The summed E-state index contributed by atoms with van der Waals surface area (Å²) in [7, 11) is 0. The van der Waals surface area contributed by atoms with Gasteiger partial charge < -0.3 is 10.1 Å². The third-order valence-electron chi connectivity index (χ3n) is 1.94. The van der Waals surface area contributed by atoms with Gasteiger partial charge in [-0.25, -0.2) is 0 Å². The smallest absolute Gasteiger partial charge is 0.0492 e. The van der Waals surface area contributed by atoms with Crippen molar-refractivity contribution in [2.24, 2.45) is 5.92 Å². The quantitative estimate of drug-likeness (QED) is 0.589. The highest BCUT2D eigenvalue weighted by molar-refractivity contribution is 4.57. The zero-order valence-corrected chi connectivity index (χ0v) is 9.60. The van der Waals surface area contributed by atoms with Gasteiger partial charge in [0.1, 0.15) is 0 Å². The predicted molar refractivity (Wildman–Crippen MR) is 58.0 cm³/mol. The van der Waals surface area contributed by atoms with Gasteiger partial charge in [0.15, 0.2) is 0 Å². The summed E-state index contributed by atoms with van der Waals surface area (Å²) in [6, 6.07) is 0.601. The van der Waals surface area contributed by atoms with Gasteiger partial charge >= 0.3 is 0 Å². The maximum absolute atomic E-state index is 5.47. The summed E-state index contributed by atoms with van der Waals surface area (Å²) >= 11 is 0. The summed E-state index contributed by atoms with van der Waals surface area (Å²) in [5.41, 5.74) is 0. The second kappa shape index (κ2) is 8.52. The van der Waals surface area contributed by atoms with Crippen molar-refractivity contribution in [2.45, 2.75) is 46.6 Å². The molecule has 0 aliphatic rings. The van der Waals surface area contributed by atoms with Crippen LogP contribution in [0.3, 0.4) is 0 Å². The first kappa shape index (κ1) is 12.9. The van der Waals surface area contributed by atoms with Crippen LogP contribution in [-0.4, -0.2) is 25.8 Å². The van der Waals surface area contributed by atoms with E-state index in [0.29, 0.717) is 12.0 Å². The van der Waals surface area contributed by atoms with E-state index in [-0.39, 0.29) is 0 Å². The van der Waals surface area contributed by atoms with Crippen LogP contribution in [0.25, 0.3) is 0 Å². The molecule has 0 heterocycles. The zero-order valence-electron chi connectivity index (χ0n) is 9.60. The molecule has 1 unspecified atom stereocenters. The Balaban J connectivity index is 3.15. The molecular weight excluding hydrogens is 162 g/mol. The average Bonchev–Trinajstić information content (AvgIpc) is 2.04. The normalized spacial score (nSPS) is 13.6. The molecule has 0 aromatic rings. The Bertz CT molecular complexity index is 104. The molecule has 0 bridgehead atoms. The summed E-state index contributed by atoms with van der Waals surface area (Å²) in [5.74, 6) is 0.679. The molecule has 1 atom stereocenters. The lowest BCUT2D eigenvalue weighted by Crippen LogP contribution is -2.25. The number of hydrogen-bond donors (Lipinski definition) is 1. The molecule has 2 nitrogen and oxygen atoms in total. The highest BCUT2D eigenvalue weighted by atomic mass is 16.5. The molecule has 13 heavy (non-hydrogen) atoms. The lowest BCUT2D eigenvalue weighted by Gasteiger charge is -2.13. The van der Waals surface area contributed by atoms with E-state index >= 15 is 0 Å². The molecule has 0 aliphatic carbocycles. The predicted octanol–water partition coefficient (Wildman–Crippen LogP) is 2.44. The van der Waals surface area contributed by atoms with Crippen molar-refractivity contribution in [2.75, 3.05) is 19.8 Å². The summed E-state index contributed by atoms with van der Waals surface area (Å²) in [6.45, 7) is 11.7. The standard InChI is InChI=1S/C11H25NO/c1-5-8-13-9-11(4)6-7-12-10(2)3/h10-12H,5-9H2,1-4H3. The number of rotatable bonds is 8. The molecule has 0 fully saturated rings. The number of hydrogen-bond acceptors (Lipinski definition) is 2. The first-order valence-electron chi connectivity index (χ1n) is 5.48. The molecule has 2 heteroatoms. The van der Waals surface area contributed by atoms with Crippen molar-refractivity contribution in [3.05, 3.63) is 0 Å². The monoisotopic (exact) mass is 187 g/mol. The van der Waals surface area contributed by atoms with E-state index in [1.165, 1.54) is 6.42 Å². The molecular formula is C11H25NO. The Morgan fingerprint density at radius 3 is 2.46 bits per heavy atom. The van der Waals surface area contributed by atoms with E-state index in [1.807, 2.05) is 0 Å². The molecule has 0 saturated carbocycles. The van der Waals surface area contributed by atoms with Crippen molar-refractivity contribution in [1.82, 2.24) is 5.32 Å². The van der Waals surface area contributed by atoms with E-state index in [4.69, 9.17) is 4.74 Å². The van der Waals surface area contributed by atoms with Gasteiger partial charge in [-0.1, -0.05) is 27.7 Å². The largest absolute Gasteiger partial charge is 0.381 e. The second-order valence-corrected chi connectivity index (χ2v) is 4.08. The van der Waals surface area contributed by atoms with Crippen LogP contribution in [0.5, 0.6) is 0 Å². The summed E-state index contributed by atoms with van der Waals surface area (Å²) in [4.78, 5) is 0. The Morgan fingerprint density at radius 1 is 1.23 bits per heavy atom. The second-order valence-electron chi connectivity index (χ2n) is 4.08. The zero-order chi connectivity index (χ0) is 10.1. The first-order chi connectivity index (χ1) is 6.16. The van der Waals surface area contributed by atoms with Crippen LogP contribution in [0.4, 0.5) is 0 Å². The maximum Gasteiger partial charge on any atom is 0.0492 e. The Labute approximate surface area is 83.1 Å². The van der Waals surface area contributed by atoms with Gasteiger partial charge in [0.05, 0.1) is 0 Å². The average molecular weight is 187 g/mol. The minimum Gasteiger partial charge on any atom is -0.381 e. The molecule has 0 radical (unpaired) electrons. The van der Waals surface area contributed by atoms with Crippen molar-refractivity contribution < 1.29 is 4.74 Å². The Morgan fingerprint density at radius 2 is 1.92 bits per heavy atom. The van der Waals surface area contributed by atoms with E-state index in [2.05, 4.69) is 33.0 Å². The molecule has 0 amide bonds. The molecule has 80 valence electrons. The Kier molecular flexibility index (Phi) is 8.46. The molecule has 0 spiro atoms. The van der Waals surface area contributed by atoms with E-state index in [0.717, 1.165) is 26.2 Å². The van der Waals surface area contributed by atoms with Gasteiger partial charge in [0, 0.05) is 19.3 Å². The number of ether oxygens (including phenoxy) is 1. The molecule has 0 saturated heterocycles. The highest BCUT2D eigenvalue weighted by Gasteiger charge is 2.01. The van der Waals surface area contributed by atoms with Crippen molar-refractivity contribution in [3.8, 4) is 0 Å². The SMILES string of the molecule is CCCOCC(C)CCNC(C)C. The summed E-state index contributed by atoms with van der Waals surface area (Å²) in [6.07, 6.45) is 2.33. The Hall–Kier alpha value is -0.0800. The van der Waals surface area contributed by atoms with Crippen LogP contribution < -0.4 is 5.32 Å². The van der Waals surface area contributed by atoms with Crippen LogP contribution in [0.15, 0.2) is 0 Å². The molecule has 0 aromatic heterocycles. The van der Waals surface area contributed by atoms with Crippen molar-refractivity contribution >= 4 is 0 Å². The third kappa shape index (κ3) is 9.84. The summed E-state index contributed by atoms with van der Waals surface area (Å²) in [5, 5.41) is 3.41. The van der Waals surface area contributed by atoms with Gasteiger partial charge in [-0.15, -0.1) is 0 Å². The van der Waals surface area contributed by atoms with Gasteiger partial charge in [0.25, 0.3) is 0 Å². The lowest BCUT2D eigenvalue weighted by molar-refractivity contribution is 0.102. The van der Waals surface area contributed by atoms with Gasteiger partial charge in [-0.05, 0) is 25.3 Å². The minimum absolute atomic E-state index is 0.601. The number of nitrogens with one attached hydrogen (secondary N) is 1. The van der Waals surface area contributed by atoms with Crippen LogP contribution >= 0.6 is 0 Å². The molecule has 0 rings (SSSR count). The van der Waals surface area contributed by atoms with Crippen LogP contribution in [0.2, 0.25) is 0 Å². The van der Waals surface area contributed by atoms with E-state index in [9.17, 15) is 0 Å². The fourth-order valence-corrected chi connectivity index (χ4v) is 1.13. The lowest BCUT2D eigenvalue weighted by atomic mass is 10.1. The minimum atomic E-state index is 0.601. The molecule has 1 N–H and O–H groups in total.